The second-order valence-corrected chi connectivity index (χ2v) is 12.6. The highest BCUT2D eigenvalue weighted by atomic mass is 19.4. The fraction of sp³-hybridized carbons (Fsp3) is 0.484. The number of amides is 2. The second-order valence-electron chi connectivity index (χ2n) is 12.6. The van der Waals surface area contributed by atoms with Crippen LogP contribution in [0.4, 0.5) is 29.3 Å². The van der Waals surface area contributed by atoms with Gasteiger partial charge in [0, 0.05) is 24.0 Å². The van der Waals surface area contributed by atoms with Crippen molar-refractivity contribution in [1.82, 2.24) is 14.8 Å². The van der Waals surface area contributed by atoms with E-state index in [0.29, 0.717) is 47.9 Å². The minimum Gasteiger partial charge on any atom is -0.444 e. The Morgan fingerprint density at radius 1 is 1.19 bits per heavy atom. The number of anilines is 2. The number of fused-ring (bicyclic) bond motifs is 1. The minimum absolute atomic E-state index is 0.00153. The van der Waals surface area contributed by atoms with Crippen molar-refractivity contribution < 1.29 is 32.6 Å². The summed E-state index contributed by atoms with van der Waals surface area (Å²) in [6.45, 7) is 8.23. The average Bonchev–Trinajstić information content (AvgIpc) is 3.47. The van der Waals surface area contributed by atoms with Crippen LogP contribution in [0, 0.1) is 5.92 Å². The summed E-state index contributed by atoms with van der Waals surface area (Å²) >= 11 is 0. The van der Waals surface area contributed by atoms with Crippen molar-refractivity contribution in [3.63, 3.8) is 0 Å². The van der Waals surface area contributed by atoms with Crippen LogP contribution >= 0.6 is 0 Å². The van der Waals surface area contributed by atoms with Crippen LogP contribution in [-0.2, 0) is 42.9 Å². The van der Waals surface area contributed by atoms with Crippen molar-refractivity contribution in [2.45, 2.75) is 84.2 Å². The first-order chi connectivity index (χ1) is 20.1. The minimum atomic E-state index is -4.72. The molecule has 1 fully saturated rings. The summed E-state index contributed by atoms with van der Waals surface area (Å²) in [4.78, 5) is 32.7. The normalized spacial score (nSPS) is 20.2. The monoisotopic (exact) mass is 599 g/mol. The Kier molecular flexibility index (Phi) is 7.56. The van der Waals surface area contributed by atoms with Crippen LogP contribution in [0.15, 0.2) is 30.6 Å². The average molecular weight is 600 g/mol. The van der Waals surface area contributed by atoms with Gasteiger partial charge in [-0.2, -0.15) is 18.3 Å². The number of nitrogens with one attached hydrogen (secondary N) is 1. The number of rotatable bonds is 6. The third-order valence-electron chi connectivity index (χ3n) is 8.07. The maximum Gasteiger partial charge on any atom is 0.416 e. The highest BCUT2D eigenvalue weighted by molar-refractivity contribution is 6.11. The second kappa shape index (κ2) is 10.7. The number of alkyl halides is 3. The zero-order valence-corrected chi connectivity index (χ0v) is 25.1. The molecule has 5 rings (SSSR count). The van der Waals surface area contributed by atoms with Crippen LogP contribution < -0.4 is 10.2 Å². The summed E-state index contributed by atoms with van der Waals surface area (Å²) in [6.07, 6.45) is -2.03. The van der Waals surface area contributed by atoms with Gasteiger partial charge in [-0.05, 0) is 92.5 Å². The number of aromatic nitrogens is 3. The van der Waals surface area contributed by atoms with Crippen molar-refractivity contribution in [1.29, 1.82) is 0 Å². The summed E-state index contributed by atoms with van der Waals surface area (Å²) in [5.41, 5.74) is -0.499. The van der Waals surface area contributed by atoms with Gasteiger partial charge in [-0.1, -0.05) is 13.8 Å². The van der Waals surface area contributed by atoms with Gasteiger partial charge in [-0.15, -0.1) is 0 Å². The van der Waals surface area contributed by atoms with E-state index >= 15 is 0 Å². The molecule has 0 saturated heterocycles. The number of benzene rings is 2. The van der Waals surface area contributed by atoms with E-state index in [9.17, 15) is 27.9 Å². The lowest BCUT2D eigenvalue weighted by Gasteiger charge is -2.45. The molecule has 0 unspecified atom stereocenters. The molecule has 0 radical (unpaired) electrons. The number of aryl methyl sites for hydroxylation is 1. The van der Waals surface area contributed by atoms with E-state index in [1.165, 1.54) is 11.0 Å². The van der Waals surface area contributed by atoms with Gasteiger partial charge in [0.15, 0.2) is 5.82 Å². The Labute approximate surface area is 248 Å². The van der Waals surface area contributed by atoms with Crippen LogP contribution in [0.3, 0.4) is 0 Å². The predicted molar refractivity (Wildman–Crippen MR) is 154 cm³/mol. The molecule has 2 amide bonds. The third kappa shape index (κ3) is 5.60. The number of hydrogen-bond donors (Lipinski definition) is 2. The van der Waals surface area contributed by atoms with Crippen LogP contribution in [0.1, 0.15) is 91.5 Å². The summed E-state index contributed by atoms with van der Waals surface area (Å²) in [6, 6.07) is 5.87. The van der Waals surface area contributed by atoms with Crippen LogP contribution in [-0.4, -0.2) is 37.5 Å². The first kappa shape index (κ1) is 30.5. The summed E-state index contributed by atoms with van der Waals surface area (Å²) in [5, 5.41) is 17.1. The number of aliphatic hydroxyl groups excluding tert-OH is 1. The number of carbonyl (C=O) groups is 2. The smallest absolute Gasteiger partial charge is 0.416 e. The molecule has 1 aliphatic carbocycles. The fourth-order valence-corrected chi connectivity index (χ4v) is 6.31. The Morgan fingerprint density at radius 2 is 1.88 bits per heavy atom. The molecule has 1 aromatic heterocycles. The Bertz CT molecular complexity index is 1590. The van der Waals surface area contributed by atoms with E-state index in [0.717, 1.165) is 11.6 Å². The lowest BCUT2D eigenvalue weighted by Crippen LogP contribution is -2.42. The first-order valence-electron chi connectivity index (χ1n) is 14.3. The lowest BCUT2D eigenvalue weighted by atomic mass is 9.58. The number of aliphatic hydroxyl groups is 1. The molecule has 2 heterocycles. The quantitative estimate of drug-likeness (QED) is 0.354. The van der Waals surface area contributed by atoms with Gasteiger partial charge in [-0.3, -0.25) is 14.8 Å². The van der Waals surface area contributed by atoms with Crippen molar-refractivity contribution in [2.75, 3.05) is 10.2 Å². The van der Waals surface area contributed by atoms with Crippen molar-refractivity contribution >= 4 is 23.4 Å². The molecule has 2 aliphatic rings. The third-order valence-corrected chi connectivity index (χ3v) is 8.07. The topological polar surface area (TPSA) is 110 Å². The van der Waals surface area contributed by atoms with Crippen LogP contribution in [0.2, 0.25) is 0 Å². The summed E-state index contributed by atoms with van der Waals surface area (Å²) < 4.78 is 49.5. The molecule has 0 spiro atoms. The van der Waals surface area contributed by atoms with Crippen LogP contribution in [0.25, 0.3) is 0 Å². The number of hydrogen-bond acceptors (Lipinski definition) is 6. The number of carbonyl (C=O) groups excluding carboxylic acids is 2. The molecule has 1 saturated carbocycles. The zero-order chi connectivity index (χ0) is 31.5. The van der Waals surface area contributed by atoms with Crippen LogP contribution in [0.5, 0.6) is 0 Å². The van der Waals surface area contributed by atoms with E-state index in [4.69, 9.17) is 4.74 Å². The fourth-order valence-electron chi connectivity index (χ4n) is 6.31. The van der Waals surface area contributed by atoms with Crippen molar-refractivity contribution in [3.05, 3.63) is 69.8 Å². The molecule has 2 aromatic carbocycles. The van der Waals surface area contributed by atoms with E-state index in [1.54, 1.807) is 38.8 Å². The molecule has 9 nitrogen and oxygen atoms in total. The Hall–Kier alpha value is -3.93. The van der Waals surface area contributed by atoms with Crippen molar-refractivity contribution in [2.24, 2.45) is 13.0 Å². The molecule has 3 aromatic rings. The molecule has 0 atom stereocenters. The Balaban J connectivity index is 1.69. The van der Waals surface area contributed by atoms with E-state index in [2.05, 4.69) is 22.3 Å². The van der Waals surface area contributed by atoms with E-state index in [1.807, 2.05) is 19.1 Å². The number of nitrogens with zero attached hydrogens (tertiary/aromatic N) is 4. The molecular formula is C31H36F3N5O4. The standard InChI is InChI=1S/C31H36F3N5O4/c1-7-20-24(36-28(42)43-29(3,4)5)10-19(30(12-17(2)13-30)27-35-16-38(6)37-27)11-25(20)39-14-22-21(26(39)41)8-18(15-40)9-23(22)31(32,33)34/h8-11,16-17,40H,7,12-15H2,1-6H3,(H,36,42). The highest BCUT2D eigenvalue weighted by Crippen LogP contribution is 2.53. The molecular weight excluding hydrogens is 563 g/mol. The molecule has 2 N–H and O–H groups in total. The van der Waals surface area contributed by atoms with Gasteiger partial charge in [0.05, 0.1) is 24.1 Å². The lowest BCUT2D eigenvalue weighted by molar-refractivity contribution is -0.138. The SMILES string of the molecule is CCc1c(NC(=O)OC(C)(C)C)cc(C2(c3ncn(C)n3)CC(C)C2)cc1N1Cc2c(cc(CO)cc2C(F)(F)F)C1=O. The largest absolute Gasteiger partial charge is 0.444 e. The van der Waals surface area contributed by atoms with Gasteiger partial charge in [0.25, 0.3) is 5.91 Å². The Morgan fingerprint density at radius 3 is 2.42 bits per heavy atom. The molecule has 12 heteroatoms. The van der Waals surface area contributed by atoms with Gasteiger partial charge < -0.3 is 14.7 Å². The van der Waals surface area contributed by atoms with E-state index < -0.39 is 41.4 Å². The molecule has 43 heavy (non-hydrogen) atoms. The van der Waals surface area contributed by atoms with Crippen molar-refractivity contribution in [3.8, 4) is 0 Å². The number of ether oxygens (including phenoxy) is 1. The molecule has 0 bridgehead atoms. The first-order valence-corrected chi connectivity index (χ1v) is 14.3. The maximum atomic E-state index is 14.1. The maximum absolute atomic E-state index is 14.1. The summed E-state index contributed by atoms with van der Waals surface area (Å²) in [7, 11) is 1.77. The molecule has 1 aliphatic heterocycles. The predicted octanol–water partition coefficient (Wildman–Crippen LogP) is 6.11. The van der Waals surface area contributed by atoms with Gasteiger partial charge in [0.2, 0.25) is 0 Å². The zero-order valence-electron chi connectivity index (χ0n) is 25.1. The number of halogens is 3. The van der Waals surface area contributed by atoms with E-state index in [-0.39, 0.29) is 23.2 Å². The van der Waals surface area contributed by atoms with Gasteiger partial charge >= 0.3 is 12.3 Å². The highest BCUT2D eigenvalue weighted by Gasteiger charge is 2.49. The summed E-state index contributed by atoms with van der Waals surface area (Å²) in [5.74, 6) is 0.330. The van der Waals surface area contributed by atoms with Gasteiger partial charge in [0.1, 0.15) is 11.9 Å². The van der Waals surface area contributed by atoms with Gasteiger partial charge in [-0.25, -0.2) is 9.78 Å². The molecule has 230 valence electrons.